The number of para-hydroxylation sites is 1. The number of hydrogen-bond donors (Lipinski definition) is 1. The van der Waals surface area contributed by atoms with Crippen molar-refractivity contribution >= 4 is 33.3 Å². The fourth-order valence-corrected chi connectivity index (χ4v) is 5.00. The first kappa shape index (κ1) is 22.7. The van der Waals surface area contributed by atoms with Crippen molar-refractivity contribution in [2.75, 3.05) is 5.32 Å². The topological polar surface area (TPSA) is 81.8 Å². The lowest BCUT2D eigenvalue weighted by molar-refractivity contribution is -0.116. The molecule has 7 nitrogen and oxygen atoms in total. The second-order valence-corrected chi connectivity index (χ2v) is 9.31. The van der Waals surface area contributed by atoms with Gasteiger partial charge in [0.15, 0.2) is 5.13 Å². The van der Waals surface area contributed by atoms with Gasteiger partial charge in [-0.05, 0) is 44.0 Å². The smallest absolute Gasteiger partial charge is 0.261 e. The lowest BCUT2D eigenvalue weighted by Gasteiger charge is -2.09. The molecule has 5 rings (SSSR count). The number of amides is 1. The van der Waals surface area contributed by atoms with Crippen molar-refractivity contribution in [1.29, 1.82) is 0 Å². The van der Waals surface area contributed by atoms with E-state index in [1.165, 1.54) is 33.5 Å². The number of rotatable bonds is 7. The maximum atomic E-state index is 12.6. The van der Waals surface area contributed by atoms with Gasteiger partial charge in [-0.25, -0.2) is 9.97 Å². The lowest BCUT2D eigenvalue weighted by atomic mass is 10.1. The third-order valence-corrected chi connectivity index (χ3v) is 6.87. The average molecular weight is 484 g/mol. The molecule has 3 heterocycles. The van der Waals surface area contributed by atoms with Gasteiger partial charge in [-0.2, -0.15) is 0 Å². The normalized spacial score (nSPS) is 11.1. The molecule has 0 aliphatic rings. The molecule has 0 saturated carbocycles. The highest BCUT2D eigenvalue weighted by Crippen LogP contribution is 2.30. The zero-order valence-electron chi connectivity index (χ0n) is 19.6. The van der Waals surface area contributed by atoms with Crippen molar-refractivity contribution in [1.82, 2.24) is 19.1 Å². The summed E-state index contributed by atoms with van der Waals surface area (Å²) >= 11 is 1.37. The molecule has 2 aromatic carbocycles. The fourth-order valence-electron chi connectivity index (χ4n) is 4.28. The first-order valence-corrected chi connectivity index (χ1v) is 12.3. The first-order chi connectivity index (χ1) is 17.0. The number of nitrogens with one attached hydrogen (secondary N) is 1. The standard InChI is InChI=1S/C27H25N5O2S/c1-18-14-22(19(2)32(18)13-12-20-8-4-3-5-9-20)24-16-35-27(29-24)30-25(33)15-31-17-28-23-11-7-6-10-21(23)26(31)34/h3-11,14,16-17H,12-13,15H2,1-2H3,(H,29,30,33). The van der Waals surface area contributed by atoms with E-state index in [0.29, 0.717) is 16.0 Å². The summed E-state index contributed by atoms with van der Waals surface area (Å²) in [6.07, 6.45) is 2.36. The number of hydrogen-bond acceptors (Lipinski definition) is 5. The molecule has 0 aliphatic carbocycles. The van der Waals surface area contributed by atoms with Crippen molar-refractivity contribution in [3.8, 4) is 11.3 Å². The van der Waals surface area contributed by atoms with E-state index in [2.05, 4.69) is 64.0 Å². The summed E-state index contributed by atoms with van der Waals surface area (Å²) in [5, 5.41) is 5.75. The van der Waals surface area contributed by atoms with E-state index in [-0.39, 0.29) is 18.0 Å². The maximum Gasteiger partial charge on any atom is 0.261 e. The van der Waals surface area contributed by atoms with Crippen LogP contribution in [0.1, 0.15) is 17.0 Å². The van der Waals surface area contributed by atoms with Crippen LogP contribution in [0.4, 0.5) is 5.13 Å². The molecule has 0 saturated heterocycles. The van der Waals surface area contributed by atoms with Gasteiger partial charge in [0.25, 0.3) is 5.56 Å². The van der Waals surface area contributed by atoms with Gasteiger partial charge in [0.2, 0.25) is 5.91 Å². The summed E-state index contributed by atoms with van der Waals surface area (Å²) < 4.78 is 3.62. The number of benzene rings is 2. The molecule has 3 aromatic heterocycles. The lowest BCUT2D eigenvalue weighted by Crippen LogP contribution is -2.27. The van der Waals surface area contributed by atoms with Crippen LogP contribution in [0.5, 0.6) is 0 Å². The Kier molecular flexibility index (Phi) is 6.29. The highest BCUT2D eigenvalue weighted by molar-refractivity contribution is 7.14. The van der Waals surface area contributed by atoms with Crippen molar-refractivity contribution in [3.05, 3.63) is 99.7 Å². The van der Waals surface area contributed by atoms with Crippen molar-refractivity contribution in [3.63, 3.8) is 0 Å². The molecule has 1 amide bonds. The SMILES string of the molecule is Cc1cc(-c2csc(NC(=O)Cn3cnc4ccccc4c3=O)n2)c(C)n1CCc1ccccc1. The van der Waals surface area contributed by atoms with E-state index >= 15 is 0 Å². The number of carbonyl (C=O) groups is 1. The quantitative estimate of drug-likeness (QED) is 0.360. The molecule has 8 heteroatoms. The Labute approximate surface area is 206 Å². The Morgan fingerprint density at radius 3 is 2.66 bits per heavy atom. The molecule has 35 heavy (non-hydrogen) atoms. The molecule has 0 fully saturated rings. The number of fused-ring (bicyclic) bond motifs is 1. The number of anilines is 1. The van der Waals surface area contributed by atoms with Crippen molar-refractivity contribution < 1.29 is 4.79 Å². The van der Waals surface area contributed by atoms with Crippen LogP contribution < -0.4 is 10.9 Å². The minimum atomic E-state index is -0.321. The molecular formula is C27H25N5O2S. The highest BCUT2D eigenvalue weighted by Gasteiger charge is 2.15. The van der Waals surface area contributed by atoms with Crippen molar-refractivity contribution in [2.24, 2.45) is 0 Å². The zero-order valence-corrected chi connectivity index (χ0v) is 20.4. The van der Waals surface area contributed by atoms with Gasteiger partial charge in [0.1, 0.15) is 6.54 Å². The average Bonchev–Trinajstić information content (AvgIpc) is 3.43. The summed E-state index contributed by atoms with van der Waals surface area (Å²) in [5.41, 5.74) is 5.89. The molecule has 1 N–H and O–H groups in total. The van der Waals surface area contributed by atoms with Crippen LogP contribution in [0, 0.1) is 13.8 Å². The summed E-state index contributed by atoms with van der Waals surface area (Å²) in [7, 11) is 0. The van der Waals surface area contributed by atoms with E-state index in [0.717, 1.165) is 29.9 Å². The Morgan fingerprint density at radius 2 is 1.83 bits per heavy atom. The molecule has 0 bridgehead atoms. The van der Waals surface area contributed by atoms with E-state index in [4.69, 9.17) is 0 Å². The molecule has 0 spiro atoms. The van der Waals surface area contributed by atoms with Gasteiger partial charge in [-0.1, -0.05) is 42.5 Å². The zero-order chi connectivity index (χ0) is 24.4. The van der Waals surface area contributed by atoms with E-state index in [1.807, 2.05) is 17.5 Å². The third kappa shape index (κ3) is 4.79. The predicted octanol–water partition coefficient (Wildman–Crippen LogP) is 4.82. The second-order valence-electron chi connectivity index (χ2n) is 8.45. The largest absolute Gasteiger partial charge is 0.348 e. The van der Waals surface area contributed by atoms with Gasteiger partial charge in [0.05, 0.1) is 22.9 Å². The Bertz CT molecular complexity index is 1570. The van der Waals surface area contributed by atoms with Crippen LogP contribution in [0.25, 0.3) is 22.2 Å². The van der Waals surface area contributed by atoms with Crippen LogP contribution in [0.2, 0.25) is 0 Å². The molecule has 0 atom stereocenters. The second kappa shape index (κ2) is 9.68. The van der Waals surface area contributed by atoms with E-state index in [1.54, 1.807) is 18.2 Å². The number of nitrogens with zero attached hydrogens (tertiary/aromatic N) is 4. The Morgan fingerprint density at radius 1 is 1.06 bits per heavy atom. The summed E-state index contributed by atoms with van der Waals surface area (Å²) in [5.74, 6) is -0.321. The minimum Gasteiger partial charge on any atom is -0.348 e. The van der Waals surface area contributed by atoms with Crippen LogP contribution in [-0.2, 0) is 24.3 Å². The molecule has 0 aliphatic heterocycles. The summed E-state index contributed by atoms with van der Waals surface area (Å²) in [4.78, 5) is 34.2. The molecule has 0 unspecified atom stereocenters. The van der Waals surface area contributed by atoms with Crippen LogP contribution in [0.3, 0.4) is 0 Å². The summed E-state index contributed by atoms with van der Waals surface area (Å²) in [6.45, 7) is 4.97. The maximum absolute atomic E-state index is 12.6. The van der Waals surface area contributed by atoms with Gasteiger partial charge in [-0.3, -0.25) is 14.2 Å². The minimum absolute atomic E-state index is 0.125. The molecule has 176 valence electrons. The van der Waals surface area contributed by atoms with E-state index < -0.39 is 0 Å². The fraction of sp³-hybridized carbons (Fsp3) is 0.185. The Balaban J connectivity index is 1.28. The van der Waals surface area contributed by atoms with Crippen LogP contribution in [0.15, 0.2) is 77.2 Å². The van der Waals surface area contributed by atoms with E-state index in [9.17, 15) is 9.59 Å². The number of carbonyl (C=O) groups excluding carboxylic acids is 1. The van der Waals surface area contributed by atoms with Crippen LogP contribution in [-0.4, -0.2) is 25.0 Å². The van der Waals surface area contributed by atoms with Gasteiger partial charge in [0, 0.05) is 28.9 Å². The van der Waals surface area contributed by atoms with Gasteiger partial charge >= 0.3 is 0 Å². The van der Waals surface area contributed by atoms with Crippen LogP contribution >= 0.6 is 11.3 Å². The van der Waals surface area contributed by atoms with Gasteiger partial charge in [-0.15, -0.1) is 11.3 Å². The number of thiazole rings is 1. The Hall–Kier alpha value is -4.04. The monoisotopic (exact) mass is 483 g/mol. The number of aromatic nitrogens is 4. The third-order valence-electron chi connectivity index (χ3n) is 6.11. The number of aryl methyl sites for hydroxylation is 2. The highest BCUT2D eigenvalue weighted by atomic mass is 32.1. The predicted molar refractivity (Wildman–Crippen MR) is 140 cm³/mol. The first-order valence-electron chi connectivity index (χ1n) is 11.4. The molecule has 5 aromatic rings. The molecule has 0 radical (unpaired) electrons. The summed E-state index contributed by atoms with van der Waals surface area (Å²) in [6, 6.07) is 19.7. The molecular weight excluding hydrogens is 458 g/mol. The van der Waals surface area contributed by atoms with Gasteiger partial charge < -0.3 is 9.88 Å². The van der Waals surface area contributed by atoms with Crippen molar-refractivity contribution in [2.45, 2.75) is 33.4 Å².